The number of fused-ring (bicyclic) bond motifs is 1. The third-order valence-electron chi connectivity index (χ3n) is 3.65. The summed E-state index contributed by atoms with van der Waals surface area (Å²) in [5.41, 5.74) is 4.47. The minimum atomic E-state index is -1.11. The molecule has 0 saturated carbocycles. The number of rotatable bonds is 4. The Balaban J connectivity index is 1.76. The summed E-state index contributed by atoms with van der Waals surface area (Å²) in [6.07, 6.45) is 2.78. The van der Waals surface area contributed by atoms with Crippen molar-refractivity contribution >= 4 is 41.2 Å². The maximum Gasteiger partial charge on any atom is 0.351 e. The van der Waals surface area contributed by atoms with Gasteiger partial charge in [0.05, 0.1) is 10.9 Å². The summed E-state index contributed by atoms with van der Waals surface area (Å²) in [7, 11) is 0. The third kappa shape index (κ3) is 3.01. The van der Waals surface area contributed by atoms with Gasteiger partial charge in [0.2, 0.25) is 0 Å². The Morgan fingerprint density at radius 3 is 2.95 bits per heavy atom. The number of carboxylic acids is 2. The van der Waals surface area contributed by atoms with E-state index in [1.54, 1.807) is 11.8 Å². The van der Waals surface area contributed by atoms with E-state index in [1.807, 2.05) is 0 Å². The van der Waals surface area contributed by atoms with Gasteiger partial charge >= 0.3 is 11.9 Å². The molecule has 0 aromatic rings. The van der Waals surface area contributed by atoms with Crippen molar-refractivity contribution < 1.29 is 19.8 Å². The molecule has 9 heteroatoms. The average molecular weight is 341 g/mol. The van der Waals surface area contributed by atoms with Gasteiger partial charge in [0, 0.05) is 35.9 Å². The zero-order valence-electron chi connectivity index (χ0n) is 11.6. The number of hydrogen-bond donors (Lipinski definition) is 3. The first kappa shape index (κ1) is 15.4. The topological polar surface area (TPSA) is 102 Å². The maximum atomic E-state index is 11.4. The maximum absolute atomic E-state index is 11.4. The Labute approximate surface area is 135 Å². The third-order valence-corrected chi connectivity index (χ3v) is 6.08. The highest BCUT2D eigenvalue weighted by Crippen LogP contribution is 2.39. The number of hydrogen-bond acceptors (Lipinski definition) is 7. The molecule has 0 aromatic carbocycles. The van der Waals surface area contributed by atoms with Crippen LogP contribution in [0.5, 0.6) is 0 Å². The van der Waals surface area contributed by atoms with E-state index in [2.05, 4.69) is 20.8 Å². The number of carboxylic acid groups (broad SMARTS) is 2. The minimum absolute atomic E-state index is 0.0156. The molecule has 0 radical (unpaired) electrons. The number of hydrazine groups is 1. The molecule has 1 saturated heterocycles. The van der Waals surface area contributed by atoms with Gasteiger partial charge in [0.25, 0.3) is 0 Å². The molecule has 0 spiro atoms. The van der Waals surface area contributed by atoms with E-state index in [9.17, 15) is 14.7 Å². The largest absolute Gasteiger partial charge is 0.478 e. The zero-order valence-corrected chi connectivity index (χ0v) is 13.2. The van der Waals surface area contributed by atoms with E-state index in [-0.39, 0.29) is 22.3 Å². The summed E-state index contributed by atoms with van der Waals surface area (Å²) in [5, 5.41) is 22.6. The van der Waals surface area contributed by atoms with Crippen molar-refractivity contribution in [2.24, 2.45) is 4.99 Å². The summed E-state index contributed by atoms with van der Waals surface area (Å²) < 4.78 is 0. The Kier molecular flexibility index (Phi) is 4.46. The van der Waals surface area contributed by atoms with Crippen molar-refractivity contribution in [3.8, 4) is 0 Å². The molecule has 3 aliphatic heterocycles. The number of nitrogens with zero attached hydrogens (tertiary/aromatic N) is 2. The Bertz CT molecular complexity index is 602. The second-order valence-corrected chi connectivity index (χ2v) is 7.28. The first-order valence-corrected chi connectivity index (χ1v) is 8.77. The zero-order chi connectivity index (χ0) is 15.7. The molecule has 0 aliphatic carbocycles. The van der Waals surface area contributed by atoms with Crippen molar-refractivity contribution in [1.29, 1.82) is 0 Å². The van der Waals surface area contributed by atoms with Gasteiger partial charge in [0.1, 0.15) is 5.71 Å². The first-order chi connectivity index (χ1) is 10.6. The molecule has 3 rings (SSSR count). The van der Waals surface area contributed by atoms with E-state index in [4.69, 9.17) is 5.11 Å². The van der Waals surface area contributed by atoms with Crippen LogP contribution in [0, 0.1) is 0 Å². The number of thioether (sulfide) groups is 2. The Morgan fingerprint density at radius 1 is 1.41 bits per heavy atom. The SMILES string of the molecule is O=C(O)C1=CN=C(C(=O)O)CSC1CC1=CSC2CCNN12. The lowest BCUT2D eigenvalue weighted by Crippen LogP contribution is -2.33. The second kappa shape index (κ2) is 6.35. The quantitative estimate of drug-likeness (QED) is 0.699. The van der Waals surface area contributed by atoms with Crippen LogP contribution in [0.4, 0.5) is 0 Å². The lowest BCUT2D eigenvalue weighted by molar-refractivity contribution is -0.133. The molecule has 2 unspecified atom stereocenters. The van der Waals surface area contributed by atoms with Gasteiger partial charge in [-0.05, 0) is 11.8 Å². The molecule has 3 N–H and O–H groups in total. The van der Waals surface area contributed by atoms with Crippen LogP contribution in [0.15, 0.2) is 27.9 Å². The summed E-state index contributed by atoms with van der Waals surface area (Å²) in [5.74, 6) is -1.96. The van der Waals surface area contributed by atoms with Crippen LogP contribution in [0.25, 0.3) is 0 Å². The number of nitrogens with one attached hydrogen (secondary N) is 1. The summed E-state index contributed by atoms with van der Waals surface area (Å²) in [6, 6.07) is 0. The molecule has 0 bridgehead atoms. The molecule has 1 fully saturated rings. The van der Waals surface area contributed by atoms with Gasteiger partial charge in [0.15, 0.2) is 0 Å². The molecule has 3 heterocycles. The fraction of sp³-hybridized carbons (Fsp3) is 0.462. The smallest absolute Gasteiger partial charge is 0.351 e. The molecular weight excluding hydrogens is 326 g/mol. The second-order valence-electron chi connectivity index (χ2n) is 5.04. The first-order valence-electron chi connectivity index (χ1n) is 6.78. The molecule has 118 valence electrons. The van der Waals surface area contributed by atoms with E-state index < -0.39 is 11.9 Å². The van der Waals surface area contributed by atoms with Gasteiger partial charge in [-0.15, -0.1) is 23.5 Å². The standard InChI is InChI=1S/C13H15N3O4S2/c17-12(18)8-4-14-9(13(19)20)6-21-10(8)3-7-5-22-11-1-2-15-16(7)11/h4-5,10-11,15H,1-3,6H2,(H,17,18)(H,19,20). The van der Waals surface area contributed by atoms with Gasteiger partial charge in [-0.3, -0.25) is 10.0 Å². The number of allylic oxidation sites excluding steroid dienone is 1. The van der Waals surface area contributed by atoms with Gasteiger partial charge in [-0.2, -0.15) is 0 Å². The highest BCUT2D eigenvalue weighted by atomic mass is 32.2. The molecular formula is C13H15N3O4S2. The van der Waals surface area contributed by atoms with Gasteiger partial charge < -0.3 is 10.2 Å². The average Bonchev–Trinajstić information content (AvgIpc) is 2.99. The summed E-state index contributed by atoms with van der Waals surface area (Å²) in [4.78, 5) is 26.3. The fourth-order valence-electron chi connectivity index (χ4n) is 2.52. The predicted molar refractivity (Wildman–Crippen MR) is 85.6 cm³/mol. The molecule has 2 atom stereocenters. The number of aliphatic carboxylic acids is 2. The molecule has 3 aliphatic rings. The van der Waals surface area contributed by atoms with Crippen molar-refractivity contribution in [1.82, 2.24) is 10.4 Å². The highest BCUT2D eigenvalue weighted by Gasteiger charge is 2.34. The molecule has 0 aromatic heterocycles. The Morgan fingerprint density at radius 2 is 2.23 bits per heavy atom. The van der Waals surface area contributed by atoms with Crippen LogP contribution in [0.2, 0.25) is 0 Å². The predicted octanol–water partition coefficient (Wildman–Crippen LogP) is 1.11. The van der Waals surface area contributed by atoms with Gasteiger partial charge in [-0.1, -0.05) is 0 Å². The normalized spacial score (nSPS) is 27.6. The molecule has 22 heavy (non-hydrogen) atoms. The van der Waals surface area contributed by atoms with Crippen molar-refractivity contribution in [3.05, 3.63) is 22.9 Å². The van der Waals surface area contributed by atoms with Crippen molar-refractivity contribution in [2.75, 3.05) is 12.3 Å². The molecule has 0 amide bonds. The highest BCUT2D eigenvalue weighted by molar-refractivity contribution is 8.03. The summed E-state index contributed by atoms with van der Waals surface area (Å²) >= 11 is 3.05. The van der Waals surface area contributed by atoms with E-state index in [1.165, 1.54) is 18.0 Å². The van der Waals surface area contributed by atoms with Crippen LogP contribution in [-0.4, -0.2) is 55.8 Å². The number of aliphatic imine (C=N–C) groups is 1. The van der Waals surface area contributed by atoms with Crippen molar-refractivity contribution in [2.45, 2.75) is 23.5 Å². The van der Waals surface area contributed by atoms with E-state index in [0.717, 1.165) is 18.7 Å². The lowest BCUT2D eigenvalue weighted by atomic mass is 10.1. The Hall–Kier alpha value is -1.45. The fourth-order valence-corrected chi connectivity index (χ4v) is 4.82. The monoisotopic (exact) mass is 341 g/mol. The van der Waals surface area contributed by atoms with Crippen LogP contribution in [-0.2, 0) is 9.59 Å². The van der Waals surface area contributed by atoms with E-state index in [0.29, 0.717) is 11.8 Å². The lowest BCUT2D eigenvalue weighted by Gasteiger charge is -2.24. The van der Waals surface area contributed by atoms with E-state index >= 15 is 0 Å². The van der Waals surface area contributed by atoms with Gasteiger partial charge in [-0.25, -0.2) is 15.0 Å². The molecule has 7 nitrogen and oxygen atoms in total. The van der Waals surface area contributed by atoms with Crippen LogP contribution in [0.3, 0.4) is 0 Å². The van der Waals surface area contributed by atoms with Crippen LogP contribution >= 0.6 is 23.5 Å². The van der Waals surface area contributed by atoms with Crippen LogP contribution in [0.1, 0.15) is 12.8 Å². The summed E-state index contributed by atoms with van der Waals surface area (Å²) in [6.45, 7) is 0.917. The van der Waals surface area contributed by atoms with Crippen LogP contribution < -0.4 is 5.43 Å². The van der Waals surface area contributed by atoms with Crippen molar-refractivity contribution in [3.63, 3.8) is 0 Å². The number of carbonyl (C=O) groups is 2. The minimum Gasteiger partial charge on any atom is -0.478 e.